The quantitative estimate of drug-likeness (QED) is 0.651. The van der Waals surface area contributed by atoms with Gasteiger partial charge >= 0.3 is 0 Å². The van der Waals surface area contributed by atoms with Gasteiger partial charge in [0, 0.05) is 5.02 Å². The van der Waals surface area contributed by atoms with Crippen LogP contribution in [0, 0.1) is 5.82 Å². The lowest BCUT2D eigenvalue weighted by Gasteiger charge is -2.16. The van der Waals surface area contributed by atoms with Gasteiger partial charge in [-0.25, -0.2) is 4.39 Å². The standard InChI is InChI=1S/C15H12BrCl2FN2O2S/c1-7(8-4-11(19)10(18)5-9(8)17)21-14(22)6-20-15(23)12-2-3-13(16)24-12/h2-5,7H,6H2,1H3,(H,20,23)(H,21,22). The summed E-state index contributed by atoms with van der Waals surface area (Å²) in [5.41, 5.74) is 0.403. The Kier molecular flexibility index (Phi) is 6.62. The zero-order valence-corrected chi connectivity index (χ0v) is 16.2. The van der Waals surface area contributed by atoms with Crippen LogP contribution in [0.1, 0.15) is 28.2 Å². The van der Waals surface area contributed by atoms with Gasteiger partial charge in [0.05, 0.1) is 26.3 Å². The molecular weight excluding hydrogens is 442 g/mol. The fourth-order valence-corrected chi connectivity index (χ4v) is 3.77. The molecule has 2 rings (SSSR count). The summed E-state index contributed by atoms with van der Waals surface area (Å²) in [7, 11) is 0. The first-order valence-corrected chi connectivity index (χ1v) is 9.12. The van der Waals surface area contributed by atoms with Crippen molar-refractivity contribution in [1.82, 2.24) is 10.6 Å². The number of benzene rings is 1. The number of hydrogen-bond acceptors (Lipinski definition) is 3. The van der Waals surface area contributed by atoms with E-state index in [4.69, 9.17) is 23.2 Å². The van der Waals surface area contributed by atoms with Crippen LogP contribution < -0.4 is 10.6 Å². The highest BCUT2D eigenvalue weighted by atomic mass is 79.9. The Labute approximate surface area is 160 Å². The molecule has 128 valence electrons. The Morgan fingerprint density at radius 2 is 2.00 bits per heavy atom. The van der Waals surface area contributed by atoms with Crippen LogP contribution in [0.2, 0.25) is 10.0 Å². The second-order valence-corrected chi connectivity index (χ2v) is 8.14. The van der Waals surface area contributed by atoms with Crippen LogP contribution in [0.4, 0.5) is 4.39 Å². The van der Waals surface area contributed by atoms with E-state index in [0.29, 0.717) is 10.4 Å². The van der Waals surface area contributed by atoms with Gasteiger partial charge in [0.25, 0.3) is 5.91 Å². The van der Waals surface area contributed by atoms with E-state index in [-0.39, 0.29) is 22.5 Å². The van der Waals surface area contributed by atoms with Crippen LogP contribution in [0.25, 0.3) is 0 Å². The van der Waals surface area contributed by atoms with Crippen molar-refractivity contribution in [3.8, 4) is 0 Å². The number of thiophene rings is 1. The van der Waals surface area contributed by atoms with Crippen molar-refractivity contribution in [1.29, 1.82) is 0 Å². The minimum Gasteiger partial charge on any atom is -0.348 e. The zero-order valence-electron chi connectivity index (χ0n) is 12.3. The first kappa shape index (κ1) is 19.2. The lowest BCUT2D eigenvalue weighted by atomic mass is 10.1. The number of carbonyl (C=O) groups excluding carboxylic acids is 2. The second-order valence-electron chi connectivity index (χ2n) is 4.86. The molecule has 2 amide bonds. The van der Waals surface area contributed by atoms with Gasteiger partial charge in [-0.05, 0) is 52.7 Å². The molecule has 0 aliphatic heterocycles. The molecule has 0 bridgehead atoms. The molecule has 0 aliphatic carbocycles. The number of carbonyl (C=O) groups is 2. The molecule has 0 fully saturated rings. The molecule has 1 heterocycles. The van der Waals surface area contributed by atoms with E-state index in [1.165, 1.54) is 23.5 Å². The molecule has 2 N–H and O–H groups in total. The normalized spacial score (nSPS) is 11.9. The molecule has 9 heteroatoms. The van der Waals surface area contributed by atoms with Crippen LogP contribution in [-0.4, -0.2) is 18.4 Å². The van der Waals surface area contributed by atoms with Crippen LogP contribution in [0.5, 0.6) is 0 Å². The van der Waals surface area contributed by atoms with E-state index in [2.05, 4.69) is 26.6 Å². The molecule has 4 nitrogen and oxygen atoms in total. The largest absolute Gasteiger partial charge is 0.348 e. The van der Waals surface area contributed by atoms with Gasteiger partial charge in [0.15, 0.2) is 0 Å². The predicted molar refractivity (Wildman–Crippen MR) is 97.3 cm³/mol. The summed E-state index contributed by atoms with van der Waals surface area (Å²) in [4.78, 5) is 24.3. The number of nitrogens with one attached hydrogen (secondary N) is 2. The number of halogens is 4. The monoisotopic (exact) mass is 452 g/mol. The Balaban J connectivity index is 1.92. The second kappa shape index (κ2) is 8.29. The molecule has 1 atom stereocenters. The number of hydrogen-bond donors (Lipinski definition) is 2. The third-order valence-electron chi connectivity index (χ3n) is 3.09. The summed E-state index contributed by atoms with van der Waals surface area (Å²) in [5, 5.41) is 5.32. The van der Waals surface area contributed by atoms with E-state index in [1.807, 2.05) is 0 Å². The minimum atomic E-state index is -0.617. The van der Waals surface area contributed by atoms with Gasteiger partial charge in [-0.3, -0.25) is 9.59 Å². The third kappa shape index (κ3) is 4.92. The van der Waals surface area contributed by atoms with Crippen molar-refractivity contribution in [2.75, 3.05) is 6.54 Å². The Hall–Kier alpha value is -1.15. The minimum absolute atomic E-state index is 0.0864. The Bertz CT molecular complexity index is 785. The molecule has 0 aliphatic rings. The Morgan fingerprint density at radius 3 is 2.62 bits per heavy atom. The van der Waals surface area contributed by atoms with Crippen LogP contribution in [0.15, 0.2) is 28.1 Å². The maximum Gasteiger partial charge on any atom is 0.261 e. The predicted octanol–water partition coefficient (Wildman–Crippen LogP) is 4.56. The molecule has 0 radical (unpaired) electrons. The smallest absolute Gasteiger partial charge is 0.261 e. The lowest BCUT2D eigenvalue weighted by Crippen LogP contribution is -2.37. The van der Waals surface area contributed by atoms with Gasteiger partial charge in [-0.2, -0.15) is 0 Å². The van der Waals surface area contributed by atoms with E-state index < -0.39 is 17.8 Å². The maximum absolute atomic E-state index is 13.5. The topological polar surface area (TPSA) is 58.2 Å². The highest BCUT2D eigenvalue weighted by Gasteiger charge is 2.16. The van der Waals surface area contributed by atoms with Gasteiger partial charge in [0.1, 0.15) is 5.82 Å². The fourth-order valence-electron chi connectivity index (χ4n) is 1.92. The highest BCUT2D eigenvalue weighted by Crippen LogP contribution is 2.28. The third-order valence-corrected chi connectivity index (χ3v) is 5.33. The van der Waals surface area contributed by atoms with E-state index >= 15 is 0 Å². The first-order valence-electron chi connectivity index (χ1n) is 6.75. The van der Waals surface area contributed by atoms with Crippen molar-refractivity contribution < 1.29 is 14.0 Å². The van der Waals surface area contributed by atoms with Gasteiger partial charge in [0.2, 0.25) is 5.91 Å². The van der Waals surface area contributed by atoms with Crippen molar-refractivity contribution in [2.24, 2.45) is 0 Å². The number of rotatable bonds is 5. The molecule has 1 aromatic carbocycles. The van der Waals surface area contributed by atoms with E-state index in [9.17, 15) is 14.0 Å². The van der Waals surface area contributed by atoms with Crippen molar-refractivity contribution in [3.05, 3.63) is 54.4 Å². The summed E-state index contributed by atoms with van der Waals surface area (Å²) < 4.78 is 14.4. The summed E-state index contributed by atoms with van der Waals surface area (Å²) >= 11 is 16.2. The summed E-state index contributed by atoms with van der Waals surface area (Å²) in [5.74, 6) is -1.38. The highest BCUT2D eigenvalue weighted by molar-refractivity contribution is 9.11. The van der Waals surface area contributed by atoms with Crippen molar-refractivity contribution in [2.45, 2.75) is 13.0 Å². The molecule has 1 unspecified atom stereocenters. The number of amides is 2. The molecular formula is C15H12BrCl2FN2O2S. The molecule has 0 spiro atoms. The van der Waals surface area contributed by atoms with Crippen molar-refractivity contribution >= 4 is 62.3 Å². The maximum atomic E-state index is 13.5. The van der Waals surface area contributed by atoms with E-state index in [0.717, 1.165) is 3.79 Å². The molecule has 1 aromatic heterocycles. The van der Waals surface area contributed by atoms with Crippen LogP contribution in [-0.2, 0) is 4.79 Å². The van der Waals surface area contributed by atoms with Gasteiger partial charge in [-0.1, -0.05) is 23.2 Å². The summed E-state index contributed by atoms with van der Waals surface area (Å²) in [6.45, 7) is 1.46. The average Bonchev–Trinajstić information content (AvgIpc) is 2.95. The lowest BCUT2D eigenvalue weighted by molar-refractivity contribution is -0.120. The molecule has 2 aromatic rings. The van der Waals surface area contributed by atoms with Gasteiger partial charge < -0.3 is 10.6 Å². The summed E-state index contributed by atoms with van der Waals surface area (Å²) in [6.07, 6.45) is 0. The Morgan fingerprint density at radius 1 is 1.29 bits per heavy atom. The first-order chi connectivity index (χ1) is 11.3. The van der Waals surface area contributed by atoms with Crippen LogP contribution in [0.3, 0.4) is 0 Å². The SMILES string of the molecule is CC(NC(=O)CNC(=O)c1ccc(Br)s1)c1cc(F)c(Cl)cc1Cl. The molecule has 24 heavy (non-hydrogen) atoms. The average molecular weight is 454 g/mol. The fraction of sp³-hybridized carbons (Fsp3) is 0.200. The summed E-state index contributed by atoms with van der Waals surface area (Å²) in [6, 6.07) is 5.33. The van der Waals surface area contributed by atoms with E-state index in [1.54, 1.807) is 19.1 Å². The zero-order chi connectivity index (χ0) is 17.9. The van der Waals surface area contributed by atoms with Crippen molar-refractivity contribution in [3.63, 3.8) is 0 Å². The molecule has 0 saturated heterocycles. The van der Waals surface area contributed by atoms with Gasteiger partial charge in [-0.15, -0.1) is 11.3 Å². The van der Waals surface area contributed by atoms with Crippen LogP contribution >= 0.6 is 50.5 Å². The molecule has 0 saturated carbocycles.